The molecule has 2 aromatic carbocycles. The fourth-order valence-electron chi connectivity index (χ4n) is 3.78. The smallest absolute Gasteiger partial charge is 0.313 e. The van der Waals surface area contributed by atoms with Crippen LogP contribution in [0.15, 0.2) is 54.7 Å². The van der Waals surface area contributed by atoms with Crippen LogP contribution >= 0.6 is 11.6 Å². The molecule has 7 heteroatoms. The van der Waals surface area contributed by atoms with Crippen LogP contribution in [0.5, 0.6) is 0 Å². The topological polar surface area (TPSA) is 62.3 Å². The summed E-state index contributed by atoms with van der Waals surface area (Å²) in [5.74, 6) is -1.89. The number of pyridine rings is 1. The first-order valence-electron chi connectivity index (χ1n) is 9.42. The summed E-state index contributed by atoms with van der Waals surface area (Å²) in [7, 11) is 0. The highest BCUT2D eigenvalue weighted by atomic mass is 35.5. The van der Waals surface area contributed by atoms with Crippen molar-refractivity contribution >= 4 is 40.0 Å². The first-order chi connectivity index (χ1) is 14.0. The monoisotopic (exact) mass is 411 g/mol. The zero-order valence-corrected chi connectivity index (χ0v) is 16.3. The van der Waals surface area contributed by atoms with Crippen LogP contribution in [0.3, 0.4) is 0 Å². The quantitative estimate of drug-likeness (QED) is 0.637. The van der Waals surface area contributed by atoms with E-state index < -0.39 is 17.6 Å². The number of benzene rings is 2. The van der Waals surface area contributed by atoms with Gasteiger partial charge in [-0.25, -0.2) is 4.39 Å². The second-order valence-electron chi connectivity index (χ2n) is 7.06. The molecular formula is C22H19ClFN3O2. The van der Waals surface area contributed by atoms with E-state index in [-0.39, 0.29) is 10.7 Å². The van der Waals surface area contributed by atoms with Crippen LogP contribution < -0.4 is 5.32 Å². The number of aromatic nitrogens is 1. The second kappa shape index (κ2) is 8.17. The first kappa shape index (κ1) is 19.3. The predicted molar refractivity (Wildman–Crippen MR) is 110 cm³/mol. The van der Waals surface area contributed by atoms with Gasteiger partial charge in [0.25, 0.3) is 0 Å². The van der Waals surface area contributed by atoms with Crippen LogP contribution in [-0.2, 0) is 9.59 Å². The molecule has 0 saturated carbocycles. The number of anilines is 1. The minimum atomic E-state index is -0.848. The molecule has 2 heterocycles. The molecule has 1 N–H and O–H groups in total. The summed E-state index contributed by atoms with van der Waals surface area (Å²) in [6.45, 7) is 0.938. The lowest BCUT2D eigenvalue weighted by Gasteiger charge is -2.32. The van der Waals surface area contributed by atoms with Gasteiger partial charge in [0.2, 0.25) is 0 Å². The molecule has 3 aromatic rings. The average molecular weight is 412 g/mol. The summed E-state index contributed by atoms with van der Waals surface area (Å²) < 4.78 is 13.9. The van der Waals surface area contributed by atoms with E-state index in [1.54, 1.807) is 0 Å². The Hall–Kier alpha value is -2.99. The van der Waals surface area contributed by atoms with Crippen LogP contribution in [0.1, 0.15) is 24.3 Å². The number of hydrogen-bond donors (Lipinski definition) is 1. The standard InChI is InChI=1S/C22H19ClFN3O2/c23-15-5-6-20(18(24)13-15)26-21(28)22(29)27-11-8-14(9-12-27)16-7-10-25-19-4-2-1-3-17(16)19/h1-7,10,13-14H,8-9,11-12H2,(H,26,28). The Morgan fingerprint density at radius 1 is 1.10 bits per heavy atom. The molecule has 1 saturated heterocycles. The molecule has 0 unspecified atom stereocenters. The van der Waals surface area contributed by atoms with Crippen LogP contribution in [-0.4, -0.2) is 34.8 Å². The van der Waals surface area contributed by atoms with Gasteiger partial charge in [-0.1, -0.05) is 29.8 Å². The number of hydrogen-bond acceptors (Lipinski definition) is 3. The fourth-order valence-corrected chi connectivity index (χ4v) is 3.94. The van der Waals surface area contributed by atoms with Gasteiger partial charge in [-0.3, -0.25) is 14.6 Å². The third-order valence-corrected chi connectivity index (χ3v) is 5.51. The van der Waals surface area contributed by atoms with E-state index in [4.69, 9.17) is 11.6 Å². The molecule has 1 aliphatic heterocycles. The van der Waals surface area contributed by atoms with Crippen LogP contribution in [0.2, 0.25) is 5.02 Å². The molecule has 1 aliphatic rings. The third kappa shape index (κ3) is 4.07. The SMILES string of the molecule is O=C(Nc1ccc(Cl)cc1F)C(=O)N1CCC(c2ccnc3ccccc23)CC1. The number of amides is 2. The van der Waals surface area contributed by atoms with Gasteiger partial charge in [0.1, 0.15) is 5.82 Å². The zero-order chi connectivity index (χ0) is 20.4. The highest BCUT2D eigenvalue weighted by Gasteiger charge is 2.28. The summed E-state index contributed by atoms with van der Waals surface area (Å²) in [4.78, 5) is 30.7. The van der Waals surface area contributed by atoms with Crippen molar-refractivity contribution in [2.45, 2.75) is 18.8 Å². The second-order valence-corrected chi connectivity index (χ2v) is 7.50. The Bertz CT molecular complexity index is 1080. The Balaban J connectivity index is 1.41. The van der Waals surface area contributed by atoms with E-state index in [2.05, 4.69) is 16.4 Å². The number of piperidine rings is 1. The average Bonchev–Trinajstić information content (AvgIpc) is 2.75. The molecule has 0 radical (unpaired) electrons. The van der Waals surface area contributed by atoms with Crippen molar-refractivity contribution in [3.8, 4) is 0 Å². The van der Waals surface area contributed by atoms with Crippen molar-refractivity contribution in [2.24, 2.45) is 0 Å². The van der Waals surface area contributed by atoms with E-state index in [1.165, 1.54) is 22.6 Å². The molecule has 1 fully saturated rings. The van der Waals surface area contributed by atoms with E-state index in [1.807, 2.05) is 30.5 Å². The first-order valence-corrected chi connectivity index (χ1v) is 9.79. The highest BCUT2D eigenvalue weighted by molar-refractivity contribution is 6.39. The number of likely N-dealkylation sites (tertiary alicyclic amines) is 1. The van der Waals surface area contributed by atoms with Gasteiger partial charge in [0.15, 0.2) is 0 Å². The summed E-state index contributed by atoms with van der Waals surface area (Å²) >= 11 is 5.71. The Kier molecular flexibility index (Phi) is 5.45. The number of rotatable bonds is 2. The molecule has 0 bridgehead atoms. The van der Waals surface area contributed by atoms with Crippen molar-refractivity contribution in [3.63, 3.8) is 0 Å². The van der Waals surface area contributed by atoms with Gasteiger partial charge in [0.05, 0.1) is 11.2 Å². The summed E-state index contributed by atoms with van der Waals surface area (Å²) in [5.41, 5.74) is 2.11. The third-order valence-electron chi connectivity index (χ3n) is 5.28. The number of nitrogens with zero attached hydrogens (tertiary/aromatic N) is 2. The van der Waals surface area contributed by atoms with Crippen LogP contribution in [0.25, 0.3) is 10.9 Å². The van der Waals surface area contributed by atoms with Crippen molar-refractivity contribution in [1.82, 2.24) is 9.88 Å². The number of carbonyl (C=O) groups is 2. The molecule has 0 aliphatic carbocycles. The normalized spacial score (nSPS) is 14.8. The van der Waals surface area contributed by atoms with Crippen molar-refractivity contribution in [1.29, 1.82) is 0 Å². The number of nitrogens with one attached hydrogen (secondary N) is 1. The van der Waals surface area contributed by atoms with E-state index in [9.17, 15) is 14.0 Å². The highest BCUT2D eigenvalue weighted by Crippen LogP contribution is 2.32. The van der Waals surface area contributed by atoms with E-state index in [0.717, 1.165) is 29.8 Å². The van der Waals surface area contributed by atoms with Crippen molar-refractivity contribution in [2.75, 3.05) is 18.4 Å². The molecule has 29 heavy (non-hydrogen) atoms. The zero-order valence-electron chi connectivity index (χ0n) is 15.6. The maximum absolute atomic E-state index is 13.9. The fraction of sp³-hybridized carbons (Fsp3) is 0.227. The number of carbonyl (C=O) groups excluding carboxylic acids is 2. The molecule has 1 aromatic heterocycles. The Morgan fingerprint density at radius 2 is 1.86 bits per heavy atom. The van der Waals surface area contributed by atoms with Gasteiger partial charge in [-0.15, -0.1) is 0 Å². The lowest BCUT2D eigenvalue weighted by molar-refractivity contribution is -0.143. The van der Waals surface area contributed by atoms with Gasteiger partial charge < -0.3 is 10.2 Å². The summed E-state index contributed by atoms with van der Waals surface area (Å²) in [6, 6.07) is 13.9. The van der Waals surface area contributed by atoms with Crippen LogP contribution in [0.4, 0.5) is 10.1 Å². The van der Waals surface area contributed by atoms with Gasteiger partial charge in [-0.2, -0.15) is 0 Å². The lowest BCUT2D eigenvalue weighted by atomic mass is 9.87. The molecule has 5 nitrogen and oxygen atoms in total. The minimum Gasteiger partial charge on any atom is -0.334 e. The number of halogens is 2. The summed E-state index contributed by atoms with van der Waals surface area (Å²) in [5, 5.41) is 3.67. The predicted octanol–water partition coefficient (Wildman–Crippen LogP) is 4.37. The van der Waals surface area contributed by atoms with E-state index >= 15 is 0 Å². The van der Waals surface area contributed by atoms with Crippen molar-refractivity contribution in [3.05, 3.63) is 71.1 Å². The largest absolute Gasteiger partial charge is 0.334 e. The lowest BCUT2D eigenvalue weighted by Crippen LogP contribution is -2.43. The number of fused-ring (bicyclic) bond motifs is 1. The van der Waals surface area contributed by atoms with Gasteiger partial charge in [0, 0.05) is 29.7 Å². The van der Waals surface area contributed by atoms with Crippen molar-refractivity contribution < 1.29 is 14.0 Å². The minimum absolute atomic E-state index is 0.0640. The summed E-state index contributed by atoms with van der Waals surface area (Å²) in [6.07, 6.45) is 3.31. The maximum atomic E-state index is 13.9. The van der Waals surface area contributed by atoms with Gasteiger partial charge in [-0.05, 0) is 54.7 Å². The number of para-hydroxylation sites is 1. The molecule has 0 atom stereocenters. The molecule has 148 valence electrons. The Labute approximate surface area is 172 Å². The Morgan fingerprint density at radius 3 is 2.62 bits per heavy atom. The molecule has 4 rings (SSSR count). The van der Waals surface area contributed by atoms with Gasteiger partial charge >= 0.3 is 11.8 Å². The molecule has 0 spiro atoms. The molecular weight excluding hydrogens is 393 g/mol. The maximum Gasteiger partial charge on any atom is 0.313 e. The van der Waals surface area contributed by atoms with E-state index in [0.29, 0.717) is 19.0 Å². The molecule has 2 amide bonds. The van der Waals surface area contributed by atoms with Crippen LogP contribution in [0, 0.1) is 5.82 Å².